The van der Waals surface area contributed by atoms with E-state index in [-0.39, 0.29) is 5.56 Å². The van der Waals surface area contributed by atoms with E-state index in [1.165, 1.54) is 11.1 Å². The van der Waals surface area contributed by atoms with Crippen molar-refractivity contribution in [2.24, 2.45) is 7.05 Å². The van der Waals surface area contributed by atoms with Gasteiger partial charge in [0.05, 0.1) is 5.69 Å². The van der Waals surface area contributed by atoms with Crippen molar-refractivity contribution in [3.8, 4) is 11.3 Å². The lowest BCUT2D eigenvalue weighted by atomic mass is 10.0. The fraction of sp³-hybridized carbons (Fsp3) is 0.421. The average molecular weight is 298 g/mol. The van der Waals surface area contributed by atoms with Crippen molar-refractivity contribution in [2.45, 2.75) is 40.2 Å². The van der Waals surface area contributed by atoms with Gasteiger partial charge in [-0.3, -0.25) is 4.79 Å². The van der Waals surface area contributed by atoms with Gasteiger partial charge in [-0.2, -0.15) is 0 Å². The zero-order chi connectivity index (χ0) is 16.1. The predicted octanol–water partition coefficient (Wildman–Crippen LogP) is 3.56. The van der Waals surface area contributed by atoms with E-state index in [2.05, 4.69) is 44.3 Å². The van der Waals surface area contributed by atoms with Crippen LogP contribution in [0.5, 0.6) is 0 Å². The van der Waals surface area contributed by atoms with Crippen molar-refractivity contribution >= 4 is 0 Å². The van der Waals surface area contributed by atoms with Gasteiger partial charge in [0.25, 0.3) is 5.56 Å². The lowest BCUT2D eigenvalue weighted by Crippen LogP contribution is -2.26. The average Bonchev–Trinajstić information content (AvgIpc) is 2.51. The summed E-state index contributed by atoms with van der Waals surface area (Å²) in [5.74, 6) is 0. The van der Waals surface area contributed by atoms with Crippen LogP contribution in [0.2, 0.25) is 0 Å². The van der Waals surface area contributed by atoms with Crippen LogP contribution in [0.25, 0.3) is 11.3 Å². The molecule has 0 amide bonds. The predicted molar refractivity (Wildman–Crippen MR) is 93.2 cm³/mol. The number of unbranched alkanes of at least 4 members (excludes halogenated alkanes) is 1. The minimum Gasteiger partial charge on any atom is -0.312 e. The summed E-state index contributed by atoms with van der Waals surface area (Å²) in [7, 11) is 1.85. The SMILES string of the molecule is CCCCNCc1ccc(-c2ccc(C)c(C)c2)n(C)c1=O. The van der Waals surface area contributed by atoms with E-state index in [0.717, 1.165) is 36.2 Å². The summed E-state index contributed by atoms with van der Waals surface area (Å²) < 4.78 is 1.75. The molecule has 0 aliphatic carbocycles. The van der Waals surface area contributed by atoms with Gasteiger partial charge < -0.3 is 9.88 Å². The maximum absolute atomic E-state index is 12.5. The number of benzene rings is 1. The maximum Gasteiger partial charge on any atom is 0.255 e. The summed E-state index contributed by atoms with van der Waals surface area (Å²) in [6, 6.07) is 10.3. The number of aromatic nitrogens is 1. The molecule has 1 aromatic carbocycles. The molecule has 0 saturated heterocycles. The Hall–Kier alpha value is -1.87. The number of nitrogens with one attached hydrogen (secondary N) is 1. The zero-order valence-corrected chi connectivity index (χ0v) is 14.1. The second kappa shape index (κ2) is 7.41. The Kier molecular flexibility index (Phi) is 5.56. The Morgan fingerprint density at radius 1 is 1.09 bits per heavy atom. The number of hydrogen-bond acceptors (Lipinski definition) is 2. The van der Waals surface area contributed by atoms with E-state index in [9.17, 15) is 4.79 Å². The molecule has 0 unspecified atom stereocenters. The van der Waals surface area contributed by atoms with E-state index in [4.69, 9.17) is 0 Å². The standard InChI is InChI=1S/C19H26N2O/c1-5-6-11-20-13-17-9-10-18(21(4)19(17)22)16-8-7-14(2)15(3)12-16/h7-10,12,20H,5-6,11,13H2,1-4H3. The van der Waals surface area contributed by atoms with E-state index < -0.39 is 0 Å². The molecule has 2 rings (SSSR count). The lowest BCUT2D eigenvalue weighted by Gasteiger charge is -2.12. The monoisotopic (exact) mass is 298 g/mol. The van der Waals surface area contributed by atoms with Crippen molar-refractivity contribution < 1.29 is 0 Å². The Balaban J connectivity index is 2.26. The minimum absolute atomic E-state index is 0.0831. The number of rotatable bonds is 6. The molecule has 118 valence electrons. The van der Waals surface area contributed by atoms with Crippen LogP contribution >= 0.6 is 0 Å². The molecule has 2 aromatic rings. The van der Waals surface area contributed by atoms with Crippen molar-refractivity contribution in [3.63, 3.8) is 0 Å². The van der Waals surface area contributed by atoms with Crippen LogP contribution in [0.15, 0.2) is 35.1 Å². The van der Waals surface area contributed by atoms with Crippen molar-refractivity contribution in [3.05, 3.63) is 57.4 Å². The molecule has 1 N–H and O–H groups in total. The molecule has 22 heavy (non-hydrogen) atoms. The lowest BCUT2D eigenvalue weighted by molar-refractivity contribution is 0.634. The van der Waals surface area contributed by atoms with Gasteiger partial charge in [-0.05, 0) is 55.6 Å². The van der Waals surface area contributed by atoms with Crippen LogP contribution in [-0.2, 0) is 13.6 Å². The van der Waals surface area contributed by atoms with Gasteiger partial charge in [0.1, 0.15) is 0 Å². The minimum atomic E-state index is 0.0831. The summed E-state index contributed by atoms with van der Waals surface area (Å²) in [6.45, 7) is 7.96. The summed E-state index contributed by atoms with van der Waals surface area (Å²) in [6.07, 6.45) is 2.30. The zero-order valence-electron chi connectivity index (χ0n) is 14.1. The first-order valence-electron chi connectivity index (χ1n) is 8.02. The van der Waals surface area contributed by atoms with Gasteiger partial charge in [0.15, 0.2) is 0 Å². The van der Waals surface area contributed by atoms with Crippen molar-refractivity contribution in [1.29, 1.82) is 0 Å². The summed E-state index contributed by atoms with van der Waals surface area (Å²) in [5, 5.41) is 3.33. The van der Waals surface area contributed by atoms with Crippen molar-refractivity contribution in [1.82, 2.24) is 9.88 Å². The smallest absolute Gasteiger partial charge is 0.255 e. The van der Waals surface area contributed by atoms with Gasteiger partial charge >= 0.3 is 0 Å². The normalized spacial score (nSPS) is 10.9. The fourth-order valence-corrected chi connectivity index (χ4v) is 2.54. The third-order valence-electron chi connectivity index (χ3n) is 4.21. The molecule has 0 saturated carbocycles. The van der Waals surface area contributed by atoms with E-state index in [1.807, 2.05) is 19.2 Å². The van der Waals surface area contributed by atoms with Crippen LogP contribution < -0.4 is 10.9 Å². The Bertz CT molecular complexity index is 701. The molecule has 0 aliphatic heterocycles. The quantitative estimate of drug-likeness (QED) is 0.827. The Labute approximate surface area is 133 Å². The number of aryl methyl sites for hydroxylation is 2. The molecule has 0 bridgehead atoms. The van der Waals surface area contributed by atoms with Crippen LogP contribution in [0, 0.1) is 13.8 Å². The molecule has 0 spiro atoms. The second-order valence-electron chi connectivity index (χ2n) is 5.94. The molecule has 0 radical (unpaired) electrons. The topological polar surface area (TPSA) is 34.0 Å². The van der Waals surface area contributed by atoms with Gasteiger partial charge in [0, 0.05) is 19.2 Å². The van der Waals surface area contributed by atoms with Gasteiger partial charge in [0.2, 0.25) is 0 Å². The van der Waals surface area contributed by atoms with Crippen LogP contribution in [-0.4, -0.2) is 11.1 Å². The highest BCUT2D eigenvalue weighted by Crippen LogP contribution is 2.21. The number of hydrogen-bond donors (Lipinski definition) is 1. The van der Waals surface area contributed by atoms with E-state index >= 15 is 0 Å². The Morgan fingerprint density at radius 3 is 2.55 bits per heavy atom. The highest BCUT2D eigenvalue weighted by atomic mass is 16.1. The largest absolute Gasteiger partial charge is 0.312 e. The first kappa shape index (κ1) is 16.5. The first-order chi connectivity index (χ1) is 10.5. The van der Waals surface area contributed by atoms with E-state index in [1.54, 1.807) is 4.57 Å². The molecule has 0 fully saturated rings. The third kappa shape index (κ3) is 3.66. The summed E-state index contributed by atoms with van der Waals surface area (Å²) in [4.78, 5) is 12.5. The molecule has 0 atom stereocenters. The molecular formula is C19H26N2O. The first-order valence-corrected chi connectivity index (χ1v) is 8.02. The molecule has 1 aromatic heterocycles. The second-order valence-corrected chi connectivity index (χ2v) is 5.94. The van der Waals surface area contributed by atoms with Crippen molar-refractivity contribution in [2.75, 3.05) is 6.54 Å². The number of pyridine rings is 1. The fourth-order valence-electron chi connectivity index (χ4n) is 2.54. The molecule has 1 heterocycles. The highest BCUT2D eigenvalue weighted by molar-refractivity contribution is 5.61. The van der Waals surface area contributed by atoms with Gasteiger partial charge in [-0.25, -0.2) is 0 Å². The van der Waals surface area contributed by atoms with Crippen LogP contribution in [0.1, 0.15) is 36.5 Å². The highest BCUT2D eigenvalue weighted by Gasteiger charge is 2.08. The summed E-state index contributed by atoms with van der Waals surface area (Å²) >= 11 is 0. The molecule has 0 aliphatic rings. The summed E-state index contributed by atoms with van der Waals surface area (Å²) in [5.41, 5.74) is 5.48. The maximum atomic E-state index is 12.5. The third-order valence-corrected chi connectivity index (χ3v) is 4.21. The van der Waals surface area contributed by atoms with Gasteiger partial charge in [-0.15, -0.1) is 0 Å². The molecular weight excluding hydrogens is 272 g/mol. The van der Waals surface area contributed by atoms with Crippen LogP contribution in [0.4, 0.5) is 0 Å². The van der Waals surface area contributed by atoms with Gasteiger partial charge in [-0.1, -0.05) is 31.5 Å². The molecule has 3 heteroatoms. The number of nitrogens with zero attached hydrogens (tertiary/aromatic N) is 1. The van der Waals surface area contributed by atoms with E-state index in [0.29, 0.717) is 6.54 Å². The Morgan fingerprint density at radius 2 is 1.86 bits per heavy atom. The molecule has 3 nitrogen and oxygen atoms in total. The van der Waals surface area contributed by atoms with Crippen LogP contribution in [0.3, 0.4) is 0 Å².